The highest BCUT2D eigenvalue weighted by molar-refractivity contribution is 7.26. The highest BCUT2D eigenvalue weighted by Gasteiger charge is 2.15. The second kappa shape index (κ2) is 7.68. The lowest BCUT2D eigenvalue weighted by Crippen LogP contribution is -1.99. The van der Waals surface area contributed by atoms with Gasteiger partial charge < -0.3 is 0 Å². The van der Waals surface area contributed by atoms with Crippen LogP contribution in [0.5, 0.6) is 0 Å². The van der Waals surface area contributed by atoms with Crippen LogP contribution in [0.15, 0.2) is 121 Å². The van der Waals surface area contributed by atoms with E-state index in [1.54, 1.807) is 0 Å². The number of hydrogen-bond donors (Lipinski definition) is 0. The Morgan fingerprint density at radius 2 is 1.32 bits per heavy atom. The average Bonchev–Trinajstić information content (AvgIpc) is 3.51. The third-order valence-electron chi connectivity index (χ3n) is 6.43. The summed E-state index contributed by atoms with van der Waals surface area (Å²) in [6.45, 7) is 0. The van der Waals surface area contributed by atoms with E-state index < -0.39 is 0 Å². The lowest BCUT2D eigenvalue weighted by molar-refractivity contribution is 1.05. The van der Waals surface area contributed by atoms with E-state index in [2.05, 4.69) is 120 Å². The van der Waals surface area contributed by atoms with Crippen LogP contribution in [-0.2, 0) is 0 Å². The topological polar surface area (TPSA) is 17.8 Å². The van der Waals surface area contributed by atoms with E-state index >= 15 is 0 Å². The Morgan fingerprint density at radius 1 is 0.588 bits per heavy atom. The summed E-state index contributed by atoms with van der Waals surface area (Å²) in [6, 6.07) is 40.7. The zero-order valence-electron chi connectivity index (χ0n) is 18.3. The molecular formula is C31H20N2S. The number of nitrogens with zero attached hydrogens (tertiary/aromatic N) is 2. The normalized spacial score (nSPS) is 11.5. The van der Waals surface area contributed by atoms with Gasteiger partial charge in [0.05, 0.1) is 15.9 Å². The van der Waals surface area contributed by atoms with Crippen LogP contribution in [0.3, 0.4) is 0 Å². The van der Waals surface area contributed by atoms with Gasteiger partial charge in [-0.1, -0.05) is 91.0 Å². The maximum absolute atomic E-state index is 5.15. The zero-order chi connectivity index (χ0) is 22.5. The van der Waals surface area contributed by atoms with Crippen molar-refractivity contribution in [1.29, 1.82) is 0 Å². The molecule has 0 N–H and O–H groups in total. The van der Waals surface area contributed by atoms with Crippen molar-refractivity contribution < 1.29 is 0 Å². The van der Waals surface area contributed by atoms with Gasteiger partial charge in [-0.2, -0.15) is 0 Å². The first-order valence-electron chi connectivity index (χ1n) is 11.4. The minimum atomic E-state index is 0.931. The van der Waals surface area contributed by atoms with Gasteiger partial charge in [-0.25, -0.2) is 4.98 Å². The molecule has 0 amide bonds. The third-order valence-corrected chi connectivity index (χ3v) is 7.62. The molecular weight excluding hydrogens is 432 g/mol. The van der Waals surface area contributed by atoms with Gasteiger partial charge in [-0.15, -0.1) is 11.3 Å². The first-order valence-corrected chi connectivity index (χ1v) is 12.2. The molecule has 2 nitrogen and oxygen atoms in total. The van der Waals surface area contributed by atoms with Crippen LogP contribution in [0.4, 0.5) is 0 Å². The highest BCUT2D eigenvalue weighted by Crippen LogP contribution is 2.39. The van der Waals surface area contributed by atoms with Gasteiger partial charge in [-0.3, -0.25) is 4.57 Å². The maximum Gasteiger partial charge on any atom is 0.138 e. The summed E-state index contributed by atoms with van der Waals surface area (Å²) in [6.07, 6.45) is 2.15. The fraction of sp³-hybridized carbons (Fsp3) is 0. The largest absolute Gasteiger partial charge is 0.300 e. The molecule has 3 heteroatoms. The lowest BCUT2D eigenvalue weighted by atomic mass is 10.0. The van der Waals surface area contributed by atoms with Crippen molar-refractivity contribution in [1.82, 2.24) is 9.55 Å². The molecule has 0 aliphatic rings. The summed E-state index contributed by atoms with van der Waals surface area (Å²) in [5.41, 5.74) is 5.66. The predicted molar refractivity (Wildman–Crippen MR) is 145 cm³/mol. The SMILES string of the molecule is c1ccc(-c2cc(-c3ccccc3)nc(-n3ccc4ccc5c6ccccc6sc5c43)c2)cc1. The van der Waals surface area contributed by atoms with Gasteiger partial charge in [0.1, 0.15) is 5.82 Å². The third kappa shape index (κ3) is 3.06. The molecule has 4 aromatic carbocycles. The van der Waals surface area contributed by atoms with Crippen LogP contribution < -0.4 is 0 Å². The molecule has 0 atom stereocenters. The van der Waals surface area contributed by atoms with Gasteiger partial charge in [0, 0.05) is 32.6 Å². The zero-order valence-corrected chi connectivity index (χ0v) is 19.2. The molecule has 0 fully saturated rings. The molecule has 0 radical (unpaired) electrons. The molecule has 7 rings (SSSR count). The van der Waals surface area contributed by atoms with E-state index in [1.165, 1.54) is 36.6 Å². The number of hydrogen-bond acceptors (Lipinski definition) is 2. The summed E-state index contributed by atoms with van der Waals surface area (Å²) in [7, 11) is 0. The van der Waals surface area contributed by atoms with E-state index in [-0.39, 0.29) is 0 Å². The van der Waals surface area contributed by atoms with E-state index in [9.17, 15) is 0 Å². The second-order valence-corrected chi connectivity index (χ2v) is 9.55. The quantitative estimate of drug-likeness (QED) is 0.262. The second-order valence-electron chi connectivity index (χ2n) is 8.50. The van der Waals surface area contributed by atoms with E-state index in [1.807, 2.05) is 17.4 Å². The van der Waals surface area contributed by atoms with Crippen molar-refractivity contribution in [3.63, 3.8) is 0 Å². The maximum atomic E-state index is 5.15. The fourth-order valence-corrected chi connectivity index (χ4v) is 6.04. The molecule has 0 aliphatic heterocycles. The van der Waals surface area contributed by atoms with Crippen LogP contribution in [-0.4, -0.2) is 9.55 Å². The molecule has 0 unspecified atom stereocenters. The molecule has 0 saturated carbocycles. The van der Waals surface area contributed by atoms with Gasteiger partial charge in [0.2, 0.25) is 0 Å². The van der Waals surface area contributed by atoms with Crippen molar-refractivity contribution in [3.05, 3.63) is 121 Å². The molecule has 34 heavy (non-hydrogen) atoms. The molecule has 7 aromatic rings. The van der Waals surface area contributed by atoms with Crippen molar-refractivity contribution >= 4 is 42.4 Å². The number of thiophene rings is 1. The Hall–Kier alpha value is -4.21. The monoisotopic (exact) mass is 452 g/mol. The standard InChI is InChI=1S/C31H20N2S/c1-3-9-21(10-4-1)24-19-27(22-11-5-2-6-12-22)32-29(20-24)33-18-17-23-15-16-26-25-13-7-8-14-28(25)34-31(26)30(23)33/h1-20H. The van der Waals surface area contributed by atoms with Crippen LogP contribution in [0, 0.1) is 0 Å². The Labute approximate surface area is 201 Å². The molecule has 0 aliphatic carbocycles. The Kier molecular flexibility index (Phi) is 4.36. The van der Waals surface area contributed by atoms with E-state index in [4.69, 9.17) is 4.98 Å². The number of fused-ring (bicyclic) bond motifs is 5. The van der Waals surface area contributed by atoms with E-state index in [0.29, 0.717) is 0 Å². The van der Waals surface area contributed by atoms with Crippen LogP contribution in [0.25, 0.3) is 59.3 Å². The van der Waals surface area contributed by atoms with Crippen molar-refractivity contribution in [3.8, 4) is 28.2 Å². The number of rotatable bonds is 3. The van der Waals surface area contributed by atoms with Crippen LogP contribution in [0.2, 0.25) is 0 Å². The van der Waals surface area contributed by atoms with Crippen molar-refractivity contribution in [2.75, 3.05) is 0 Å². The van der Waals surface area contributed by atoms with Crippen molar-refractivity contribution in [2.24, 2.45) is 0 Å². The predicted octanol–water partition coefficient (Wildman–Crippen LogP) is 8.73. The molecule has 3 aromatic heterocycles. The molecule has 0 saturated heterocycles. The first kappa shape index (κ1) is 19.3. The molecule has 3 heterocycles. The lowest BCUT2D eigenvalue weighted by Gasteiger charge is -2.12. The Bertz CT molecular complexity index is 1740. The minimum absolute atomic E-state index is 0.931. The Morgan fingerprint density at radius 3 is 2.15 bits per heavy atom. The average molecular weight is 453 g/mol. The van der Waals surface area contributed by atoms with Crippen LogP contribution >= 0.6 is 11.3 Å². The summed E-state index contributed by atoms with van der Waals surface area (Å²) in [5.74, 6) is 0.931. The summed E-state index contributed by atoms with van der Waals surface area (Å²) in [5, 5.41) is 3.84. The summed E-state index contributed by atoms with van der Waals surface area (Å²) >= 11 is 1.86. The smallest absolute Gasteiger partial charge is 0.138 e. The minimum Gasteiger partial charge on any atom is -0.300 e. The number of aromatic nitrogens is 2. The van der Waals surface area contributed by atoms with E-state index in [0.717, 1.165) is 22.6 Å². The summed E-state index contributed by atoms with van der Waals surface area (Å²) < 4.78 is 4.87. The number of pyridine rings is 1. The van der Waals surface area contributed by atoms with Crippen LogP contribution in [0.1, 0.15) is 0 Å². The Balaban J connectivity index is 1.53. The fourth-order valence-electron chi connectivity index (χ4n) is 4.79. The van der Waals surface area contributed by atoms with Gasteiger partial charge in [0.25, 0.3) is 0 Å². The molecule has 160 valence electrons. The van der Waals surface area contributed by atoms with Crippen molar-refractivity contribution in [2.45, 2.75) is 0 Å². The highest BCUT2D eigenvalue weighted by atomic mass is 32.1. The van der Waals surface area contributed by atoms with Gasteiger partial charge in [-0.05, 0) is 35.4 Å². The first-order chi connectivity index (χ1) is 16.8. The number of benzene rings is 4. The molecule has 0 bridgehead atoms. The van der Waals surface area contributed by atoms with Gasteiger partial charge in [0.15, 0.2) is 0 Å². The molecule has 0 spiro atoms. The summed E-state index contributed by atoms with van der Waals surface area (Å²) in [4.78, 5) is 5.15. The van der Waals surface area contributed by atoms with Gasteiger partial charge >= 0.3 is 0 Å².